The van der Waals surface area contributed by atoms with Crippen molar-refractivity contribution in [3.8, 4) is 17.2 Å². The van der Waals surface area contributed by atoms with E-state index < -0.39 is 80.9 Å². The summed E-state index contributed by atoms with van der Waals surface area (Å²) in [6, 6.07) is 1.37. The molecule has 3 N–H and O–H groups in total. The van der Waals surface area contributed by atoms with Crippen molar-refractivity contribution in [3.63, 3.8) is 0 Å². The summed E-state index contributed by atoms with van der Waals surface area (Å²) in [5.41, 5.74) is 1.66. The summed E-state index contributed by atoms with van der Waals surface area (Å²) >= 11 is 0. The van der Waals surface area contributed by atoms with Crippen molar-refractivity contribution in [2.75, 3.05) is 5.73 Å². The van der Waals surface area contributed by atoms with Crippen molar-refractivity contribution in [2.45, 2.75) is 6.18 Å². The number of amides is 2. The van der Waals surface area contributed by atoms with Crippen molar-refractivity contribution in [3.05, 3.63) is 80.6 Å². The number of rotatable bonds is 3. The number of benzene rings is 2. The summed E-state index contributed by atoms with van der Waals surface area (Å²) in [7, 11) is 0. The Balaban J connectivity index is 1.79. The zero-order valence-electron chi connectivity index (χ0n) is 16.2. The molecule has 0 saturated heterocycles. The normalized spacial score (nSPS) is 13.1. The number of carbonyl (C=O) groups is 2. The molecule has 4 rings (SSSR count). The Morgan fingerprint density at radius 1 is 0.794 bits per heavy atom. The molecule has 0 fully saturated rings. The lowest BCUT2D eigenvalue weighted by Gasteiger charge is -2.15. The Labute approximate surface area is 183 Å². The molecule has 176 valence electrons. The summed E-state index contributed by atoms with van der Waals surface area (Å²) in [4.78, 5) is 36.0. The largest absolute Gasteiger partial charge is 0.445 e. The van der Waals surface area contributed by atoms with Gasteiger partial charge in [-0.3, -0.25) is 24.3 Å². The van der Waals surface area contributed by atoms with Gasteiger partial charge in [0.05, 0.1) is 22.4 Å². The Morgan fingerprint density at radius 2 is 1.29 bits per heavy atom. The quantitative estimate of drug-likeness (QED) is 0.434. The van der Waals surface area contributed by atoms with Crippen molar-refractivity contribution < 1.29 is 45.1 Å². The molecule has 2 heterocycles. The topological polar surface area (TPSA) is 103 Å². The van der Waals surface area contributed by atoms with Crippen molar-refractivity contribution in [2.24, 2.45) is 0 Å². The first-order valence-corrected chi connectivity index (χ1v) is 8.94. The summed E-state index contributed by atoms with van der Waals surface area (Å²) in [6.45, 7) is 0. The fourth-order valence-corrected chi connectivity index (χ4v) is 3.24. The summed E-state index contributed by atoms with van der Waals surface area (Å²) in [6.07, 6.45) is -5.09. The van der Waals surface area contributed by atoms with Gasteiger partial charge in [0.15, 0.2) is 34.8 Å². The Hall–Kier alpha value is -4.36. The average molecular weight is 487 g/mol. The lowest BCUT2D eigenvalue weighted by atomic mass is 10.1. The van der Waals surface area contributed by atoms with Crippen LogP contribution in [0.2, 0.25) is 0 Å². The number of fused-ring (bicyclic) bond motifs is 1. The fraction of sp³-hybridized carbons (Fsp3) is 0.0500. The van der Waals surface area contributed by atoms with Gasteiger partial charge in [-0.05, 0) is 12.1 Å². The van der Waals surface area contributed by atoms with Crippen LogP contribution < -0.4 is 21.3 Å². The molecule has 1 aliphatic heterocycles. The minimum absolute atomic E-state index is 0.125. The molecule has 3 aromatic rings. The first-order chi connectivity index (χ1) is 15.8. The second-order valence-corrected chi connectivity index (χ2v) is 6.88. The molecule has 0 unspecified atom stereocenters. The molecule has 1 aromatic heterocycles. The molecule has 0 atom stereocenters. The molecule has 0 bridgehead atoms. The molecule has 2 amide bonds. The average Bonchev–Trinajstić information content (AvgIpc) is 2.99. The number of carbonyl (C=O) groups excluding carboxylic acids is 2. The third kappa shape index (κ3) is 3.62. The molecular weight excluding hydrogens is 479 g/mol. The number of hydrogen-bond donors (Lipinski definition) is 2. The van der Waals surface area contributed by atoms with E-state index in [4.69, 9.17) is 5.73 Å². The number of anilines is 1. The molecule has 0 radical (unpaired) electrons. The zero-order valence-corrected chi connectivity index (χ0v) is 16.2. The smallest absolute Gasteiger partial charge is 0.416 e. The molecule has 34 heavy (non-hydrogen) atoms. The van der Waals surface area contributed by atoms with Crippen LogP contribution in [0.1, 0.15) is 26.3 Å². The zero-order chi connectivity index (χ0) is 25.1. The van der Waals surface area contributed by atoms with Gasteiger partial charge < -0.3 is 10.5 Å². The SMILES string of the molecule is Nc1c2c(cc(=O)n1-c1cc(F)c(Oc3c(F)cc(C(F)(F)F)cc3F)c(F)c1)C(=O)NC2=O. The summed E-state index contributed by atoms with van der Waals surface area (Å²) < 4.78 is 100. The highest BCUT2D eigenvalue weighted by atomic mass is 19.4. The van der Waals surface area contributed by atoms with E-state index in [9.17, 15) is 45.1 Å². The van der Waals surface area contributed by atoms with Gasteiger partial charge in [0.1, 0.15) is 5.82 Å². The van der Waals surface area contributed by atoms with Crippen LogP contribution in [0.3, 0.4) is 0 Å². The summed E-state index contributed by atoms with van der Waals surface area (Å²) in [5, 5.41) is 1.89. The van der Waals surface area contributed by atoms with Crippen LogP contribution in [0.4, 0.5) is 36.6 Å². The van der Waals surface area contributed by atoms with Crippen LogP contribution >= 0.6 is 0 Å². The second-order valence-electron chi connectivity index (χ2n) is 6.88. The number of nitrogen functional groups attached to an aromatic ring is 1. The maximum Gasteiger partial charge on any atom is 0.416 e. The minimum Gasteiger partial charge on any atom is -0.445 e. The van der Waals surface area contributed by atoms with Crippen LogP contribution in [0.15, 0.2) is 35.1 Å². The van der Waals surface area contributed by atoms with Gasteiger partial charge in [-0.2, -0.15) is 13.2 Å². The van der Waals surface area contributed by atoms with Crippen LogP contribution in [-0.4, -0.2) is 16.4 Å². The maximum atomic E-state index is 14.6. The number of imide groups is 1. The number of halogens is 7. The Bertz CT molecular complexity index is 1420. The van der Waals surface area contributed by atoms with Gasteiger partial charge in [0.2, 0.25) is 0 Å². The molecule has 7 nitrogen and oxygen atoms in total. The Morgan fingerprint density at radius 3 is 1.79 bits per heavy atom. The highest BCUT2D eigenvalue weighted by Crippen LogP contribution is 2.37. The third-order valence-electron chi connectivity index (χ3n) is 4.72. The summed E-state index contributed by atoms with van der Waals surface area (Å²) in [5.74, 6) is -12.4. The van der Waals surface area contributed by atoms with Crippen molar-refractivity contribution in [1.82, 2.24) is 9.88 Å². The van der Waals surface area contributed by atoms with Gasteiger partial charge in [0, 0.05) is 18.2 Å². The maximum absolute atomic E-state index is 14.6. The van der Waals surface area contributed by atoms with Gasteiger partial charge >= 0.3 is 6.18 Å². The van der Waals surface area contributed by atoms with Crippen LogP contribution in [0.25, 0.3) is 5.69 Å². The number of aromatic nitrogens is 1. The van der Waals surface area contributed by atoms with Gasteiger partial charge in [-0.15, -0.1) is 0 Å². The molecule has 2 aromatic carbocycles. The van der Waals surface area contributed by atoms with E-state index in [0.29, 0.717) is 22.8 Å². The highest BCUT2D eigenvalue weighted by molar-refractivity contribution is 6.23. The number of hydrogen-bond acceptors (Lipinski definition) is 5. The van der Waals surface area contributed by atoms with Crippen LogP contribution in [0, 0.1) is 23.3 Å². The predicted octanol–water partition coefficient (Wildman–Crippen LogP) is 3.67. The second kappa shape index (κ2) is 7.60. The number of nitrogens with one attached hydrogen (secondary N) is 1. The van der Waals surface area contributed by atoms with E-state index >= 15 is 0 Å². The van der Waals surface area contributed by atoms with E-state index in [1.165, 1.54) is 0 Å². The standard InChI is InChI=1S/C20H8F7N3O4/c21-9-1-6(20(25,26)27)2-10(22)15(9)34-16-11(23)3-7(4-12(16)24)30-13(31)5-8-14(17(30)28)19(33)29-18(8)32/h1-5H,28H2,(H,29,32,33). The number of nitrogens with two attached hydrogens (primary N) is 1. The number of nitrogens with zero attached hydrogens (tertiary/aromatic N) is 1. The highest BCUT2D eigenvalue weighted by Gasteiger charge is 2.34. The van der Waals surface area contributed by atoms with Gasteiger partial charge in [0.25, 0.3) is 17.4 Å². The number of alkyl halides is 3. The van der Waals surface area contributed by atoms with E-state index in [2.05, 4.69) is 4.74 Å². The fourth-order valence-electron chi connectivity index (χ4n) is 3.24. The molecule has 0 spiro atoms. The predicted molar refractivity (Wildman–Crippen MR) is 99.6 cm³/mol. The molecule has 0 saturated carbocycles. The van der Waals surface area contributed by atoms with E-state index in [0.717, 1.165) is 0 Å². The number of ether oxygens (including phenoxy) is 1. The molecule has 0 aliphatic carbocycles. The van der Waals surface area contributed by atoms with E-state index in [-0.39, 0.29) is 17.7 Å². The molecule has 14 heteroatoms. The van der Waals surface area contributed by atoms with Crippen LogP contribution in [0.5, 0.6) is 11.5 Å². The molecule has 1 aliphatic rings. The van der Waals surface area contributed by atoms with E-state index in [1.807, 2.05) is 5.32 Å². The van der Waals surface area contributed by atoms with E-state index in [1.54, 1.807) is 0 Å². The minimum atomic E-state index is -5.09. The third-order valence-corrected chi connectivity index (χ3v) is 4.72. The molecular formula is C20H8F7N3O4. The van der Waals surface area contributed by atoms with Crippen LogP contribution in [-0.2, 0) is 6.18 Å². The Kier molecular flexibility index (Phi) is 5.10. The first kappa shape index (κ1) is 22.8. The monoisotopic (exact) mass is 487 g/mol. The van der Waals surface area contributed by atoms with Gasteiger partial charge in [-0.25, -0.2) is 17.6 Å². The van der Waals surface area contributed by atoms with Crippen molar-refractivity contribution in [1.29, 1.82) is 0 Å². The van der Waals surface area contributed by atoms with Crippen molar-refractivity contribution >= 4 is 17.6 Å². The van der Waals surface area contributed by atoms with Gasteiger partial charge in [-0.1, -0.05) is 0 Å². The lowest BCUT2D eigenvalue weighted by Crippen LogP contribution is -2.24. The first-order valence-electron chi connectivity index (χ1n) is 8.94. The lowest BCUT2D eigenvalue weighted by molar-refractivity contribution is -0.138. The number of pyridine rings is 1.